The minimum absolute atomic E-state index is 0.0908. The van der Waals surface area contributed by atoms with E-state index < -0.39 is 23.5 Å². The predicted octanol–water partition coefficient (Wildman–Crippen LogP) is 2.52. The Hall–Kier alpha value is -0.668. The van der Waals surface area contributed by atoms with Gasteiger partial charge >= 0.3 is 88.7 Å². The third-order valence-electron chi connectivity index (χ3n) is 1.61. The standard InChI is InChI=1S/C8H3F6.Al/c9-7(10,11)5-2-1-3-6(4-5)8(12,13)14;/h2-4H;/q;+2. The summed E-state index contributed by atoms with van der Waals surface area (Å²) < 4.78 is 72.8. The molecule has 1 rings (SSSR count). The summed E-state index contributed by atoms with van der Waals surface area (Å²) >= 11 is 1.81. The molecule has 0 spiro atoms. The summed E-state index contributed by atoms with van der Waals surface area (Å²) in [5, 5.41) is 0. The van der Waals surface area contributed by atoms with Gasteiger partial charge < -0.3 is 0 Å². The topological polar surface area (TPSA) is 0 Å². The molecule has 0 amide bonds. The van der Waals surface area contributed by atoms with Crippen molar-refractivity contribution in [3.05, 3.63) is 29.3 Å². The third-order valence-corrected chi connectivity index (χ3v) is 1.94. The molecule has 0 heterocycles. The number of halogens is 6. The van der Waals surface area contributed by atoms with Crippen LogP contribution in [0, 0.1) is 0 Å². The van der Waals surface area contributed by atoms with Gasteiger partial charge in [0.1, 0.15) is 0 Å². The molecule has 0 fully saturated rings. The van der Waals surface area contributed by atoms with Crippen molar-refractivity contribution >= 4 is 20.7 Å². The van der Waals surface area contributed by atoms with Gasteiger partial charge in [0.25, 0.3) is 0 Å². The van der Waals surface area contributed by atoms with E-state index in [1.165, 1.54) is 0 Å². The molecule has 0 saturated carbocycles. The van der Waals surface area contributed by atoms with Crippen LogP contribution in [0.2, 0.25) is 0 Å². The zero-order chi connectivity index (χ0) is 11.9. The van der Waals surface area contributed by atoms with Gasteiger partial charge in [-0.25, -0.2) is 0 Å². The van der Waals surface area contributed by atoms with E-state index in [2.05, 4.69) is 0 Å². The molecule has 7 heteroatoms. The summed E-state index contributed by atoms with van der Waals surface area (Å²) in [6.07, 6.45) is -9.54. The molecule has 0 atom stereocenters. The molecule has 0 aliphatic rings. The van der Waals surface area contributed by atoms with Crippen LogP contribution in [-0.4, -0.2) is 16.3 Å². The SMILES string of the molecule is FC(F)(F)c1c[c]([Al+2])cc(C(F)(F)F)c1. The fourth-order valence-corrected chi connectivity index (χ4v) is 1.34. The van der Waals surface area contributed by atoms with E-state index in [4.69, 9.17) is 0 Å². The first-order valence-electron chi connectivity index (χ1n) is 3.65. The van der Waals surface area contributed by atoms with E-state index in [1.54, 1.807) is 0 Å². The van der Waals surface area contributed by atoms with Gasteiger partial charge in [-0.3, -0.25) is 0 Å². The van der Waals surface area contributed by atoms with Crippen molar-refractivity contribution in [1.29, 1.82) is 0 Å². The molecule has 0 saturated heterocycles. The molecule has 0 aromatic heterocycles. The quantitative estimate of drug-likeness (QED) is 0.482. The molecule has 0 unspecified atom stereocenters. The maximum absolute atomic E-state index is 12.2. The van der Waals surface area contributed by atoms with E-state index in [0.717, 1.165) is 0 Å². The van der Waals surface area contributed by atoms with Crippen LogP contribution in [0.5, 0.6) is 0 Å². The molecule has 0 aliphatic carbocycles. The van der Waals surface area contributed by atoms with E-state index in [1.807, 2.05) is 16.3 Å². The molecule has 0 aliphatic heterocycles. The van der Waals surface area contributed by atoms with Gasteiger partial charge in [-0.15, -0.1) is 0 Å². The summed E-state index contributed by atoms with van der Waals surface area (Å²) in [5.74, 6) is 0. The zero-order valence-corrected chi connectivity index (χ0v) is 8.23. The van der Waals surface area contributed by atoms with Crippen molar-refractivity contribution in [2.75, 3.05) is 0 Å². The molecule has 15 heavy (non-hydrogen) atoms. The first-order chi connectivity index (χ1) is 6.60. The molecular weight excluding hydrogens is 237 g/mol. The van der Waals surface area contributed by atoms with Crippen LogP contribution in [0.25, 0.3) is 0 Å². The first kappa shape index (κ1) is 12.4. The average Bonchev–Trinajstić information content (AvgIpc) is 1.99. The Balaban J connectivity index is 3.30. The number of hydrogen-bond donors (Lipinski definition) is 0. The molecule has 0 radical (unpaired) electrons. The van der Waals surface area contributed by atoms with Crippen molar-refractivity contribution in [3.63, 3.8) is 0 Å². The van der Waals surface area contributed by atoms with Crippen molar-refractivity contribution in [2.45, 2.75) is 12.4 Å². The number of rotatable bonds is 0. The van der Waals surface area contributed by atoms with Crippen LogP contribution < -0.4 is 4.43 Å². The summed E-state index contributed by atoms with van der Waals surface area (Å²) in [6, 6.07) is 1.37. The van der Waals surface area contributed by atoms with Gasteiger partial charge in [0.2, 0.25) is 0 Å². The summed E-state index contributed by atoms with van der Waals surface area (Å²) in [5.41, 5.74) is -2.61. The van der Waals surface area contributed by atoms with Crippen LogP contribution in [-0.2, 0) is 12.4 Å². The first-order valence-corrected chi connectivity index (χ1v) is 4.23. The molecule has 1 aromatic rings. The Bertz CT molecular complexity index is 332. The predicted molar refractivity (Wildman–Crippen MR) is 41.8 cm³/mol. The molecule has 78 valence electrons. The van der Waals surface area contributed by atoms with Crippen molar-refractivity contribution in [3.8, 4) is 0 Å². The number of alkyl halides is 6. The maximum atomic E-state index is 12.2. The monoisotopic (exact) mass is 240 g/mol. The van der Waals surface area contributed by atoms with Crippen LogP contribution in [0.1, 0.15) is 11.1 Å². The Morgan fingerprint density at radius 2 is 1.07 bits per heavy atom. The van der Waals surface area contributed by atoms with Gasteiger partial charge in [-0.05, 0) is 0 Å². The van der Waals surface area contributed by atoms with Crippen LogP contribution in [0.4, 0.5) is 26.3 Å². The minimum atomic E-state index is -4.77. The van der Waals surface area contributed by atoms with Gasteiger partial charge in [0.15, 0.2) is 0 Å². The van der Waals surface area contributed by atoms with Crippen LogP contribution in [0.15, 0.2) is 18.2 Å². The number of hydrogen-bond acceptors (Lipinski definition) is 0. The van der Waals surface area contributed by atoms with Gasteiger partial charge in [0.05, 0.1) is 0 Å². The Kier molecular flexibility index (Phi) is 3.08. The molecule has 0 nitrogen and oxygen atoms in total. The second-order valence-corrected chi connectivity index (χ2v) is 3.51. The second kappa shape index (κ2) is 3.72. The average molecular weight is 240 g/mol. The van der Waals surface area contributed by atoms with E-state index >= 15 is 0 Å². The summed E-state index contributed by atoms with van der Waals surface area (Å²) in [4.78, 5) is 0. The van der Waals surface area contributed by atoms with E-state index in [9.17, 15) is 26.3 Å². The molecule has 0 N–H and O–H groups in total. The fraction of sp³-hybridized carbons (Fsp3) is 0.250. The van der Waals surface area contributed by atoms with Crippen molar-refractivity contribution in [1.82, 2.24) is 0 Å². The molecular formula is C8H3AlF6+2. The number of benzene rings is 1. The molecule has 1 aromatic carbocycles. The van der Waals surface area contributed by atoms with Gasteiger partial charge in [-0.2, -0.15) is 0 Å². The zero-order valence-electron chi connectivity index (χ0n) is 7.08. The van der Waals surface area contributed by atoms with Crippen molar-refractivity contribution < 1.29 is 26.3 Å². The molecule has 0 bridgehead atoms. The normalized spacial score (nSPS) is 13.1. The Morgan fingerprint density at radius 1 is 0.733 bits per heavy atom. The summed E-state index contributed by atoms with van der Waals surface area (Å²) in [7, 11) is 0. The third kappa shape index (κ3) is 3.15. The summed E-state index contributed by atoms with van der Waals surface area (Å²) in [6.45, 7) is 0. The van der Waals surface area contributed by atoms with E-state index in [-0.39, 0.29) is 10.5 Å². The van der Waals surface area contributed by atoms with Gasteiger partial charge in [-0.1, -0.05) is 0 Å². The van der Waals surface area contributed by atoms with Crippen molar-refractivity contribution in [2.24, 2.45) is 0 Å². The Morgan fingerprint density at radius 3 is 1.33 bits per heavy atom. The second-order valence-electron chi connectivity index (χ2n) is 2.84. The van der Waals surface area contributed by atoms with E-state index in [0.29, 0.717) is 12.1 Å². The van der Waals surface area contributed by atoms with Crippen LogP contribution >= 0.6 is 0 Å². The Labute approximate surface area is 89.3 Å². The van der Waals surface area contributed by atoms with Gasteiger partial charge in [0, 0.05) is 0 Å². The van der Waals surface area contributed by atoms with Crippen LogP contribution in [0.3, 0.4) is 0 Å². The fourth-order valence-electron chi connectivity index (χ4n) is 0.979.